The Bertz CT molecular complexity index is 1110. The van der Waals surface area contributed by atoms with E-state index >= 15 is 0 Å². The number of ketones is 1. The lowest BCUT2D eigenvalue weighted by atomic mass is 9.95. The molecule has 0 bridgehead atoms. The van der Waals surface area contributed by atoms with E-state index in [0.717, 1.165) is 13.1 Å². The Morgan fingerprint density at radius 3 is 2.46 bits per heavy atom. The molecule has 2 saturated heterocycles. The maximum Gasteiger partial charge on any atom is 0.295 e. The zero-order valence-corrected chi connectivity index (χ0v) is 19.8. The number of ether oxygens (including phenoxy) is 3. The van der Waals surface area contributed by atoms with Crippen LogP contribution in [0, 0.1) is 5.82 Å². The Morgan fingerprint density at radius 1 is 1.09 bits per heavy atom. The van der Waals surface area contributed by atoms with Gasteiger partial charge in [-0.05, 0) is 48.9 Å². The number of Topliss-reactive ketones (excluding diaryl/α,β-unsaturated/α-hetero) is 1. The van der Waals surface area contributed by atoms with E-state index in [0.29, 0.717) is 43.4 Å². The van der Waals surface area contributed by atoms with E-state index in [2.05, 4.69) is 4.90 Å². The number of aliphatic hydroxyl groups is 1. The highest BCUT2D eigenvalue weighted by molar-refractivity contribution is 6.46. The molecule has 186 valence electrons. The van der Waals surface area contributed by atoms with Crippen LogP contribution >= 0.6 is 0 Å². The van der Waals surface area contributed by atoms with E-state index in [4.69, 9.17) is 14.2 Å². The lowest BCUT2D eigenvalue weighted by Crippen LogP contribution is -2.42. The Balaban J connectivity index is 1.77. The molecule has 2 aromatic carbocycles. The second kappa shape index (κ2) is 10.9. The summed E-state index contributed by atoms with van der Waals surface area (Å²) in [7, 11) is 1.51. The van der Waals surface area contributed by atoms with Crippen LogP contribution < -0.4 is 9.47 Å². The largest absolute Gasteiger partial charge is 0.507 e. The summed E-state index contributed by atoms with van der Waals surface area (Å²) in [5.74, 6) is -1.32. The van der Waals surface area contributed by atoms with Gasteiger partial charge in [0.1, 0.15) is 11.6 Å². The standard InChI is InChI=1S/C26H29FN2O6/c1-3-35-20-9-6-18(16-21(20)33-2)23-22(24(30)17-4-7-19(27)8-5-17)25(31)26(32)29(23)11-10-28-12-14-34-15-13-28/h4-9,16,23,30H,3,10-15H2,1-2H3/b24-22+/t23-/m0/s1. The van der Waals surface area contributed by atoms with Gasteiger partial charge >= 0.3 is 0 Å². The first kappa shape index (κ1) is 24.7. The summed E-state index contributed by atoms with van der Waals surface area (Å²) in [6.07, 6.45) is 0. The number of morpholine rings is 1. The molecule has 9 heteroatoms. The van der Waals surface area contributed by atoms with Crippen LogP contribution in [0.25, 0.3) is 5.76 Å². The minimum absolute atomic E-state index is 0.0465. The van der Waals surface area contributed by atoms with Crippen LogP contribution in [0.3, 0.4) is 0 Å². The molecule has 1 N–H and O–H groups in total. The molecule has 2 aliphatic heterocycles. The van der Waals surface area contributed by atoms with Crippen molar-refractivity contribution in [3.8, 4) is 11.5 Å². The van der Waals surface area contributed by atoms with Crippen molar-refractivity contribution in [3.05, 3.63) is 65.0 Å². The van der Waals surface area contributed by atoms with Gasteiger partial charge in [-0.15, -0.1) is 0 Å². The summed E-state index contributed by atoms with van der Waals surface area (Å²) in [4.78, 5) is 30.0. The quantitative estimate of drug-likeness (QED) is 0.350. The molecule has 35 heavy (non-hydrogen) atoms. The second-order valence-corrected chi connectivity index (χ2v) is 8.30. The minimum Gasteiger partial charge on any atom is -0.507 e. The molecule has 2 fully saturated rings. The fourth-order valence-corrected chi connectivity index (χ4v) is 4.42. The lowest BCUT2D eigenvalue weighted by Gasteiger charge is -2.31. The monoisotopic (exact) mass is 484 g/mol. The molecule has 2 heterocycles. The van der Waals surface area contributed by atoms with Gasteiger partial charge in [0.15, 0.2) is 11.5 Å². The number of methoxy groups -OCH3 is 1. The van der Waals surface area contributed by atoms with Crippen LogP contribution in [0.4, 0.5) is 4.39 Å². The van der Waals surface area contributed by atoms with Gasteiger partial charge in [0.25, 0.3) is 11.7 Å². The SMILES string of the molecule is CCOc1ccc([C@H]2/C(=C(\O)c3ccc(F)cc3)C(=O)C(=O)N2CCN2CCOCC2)cc1OC. The van der Waals surface area contributed by atoms with Gasteiger partial charge in [-0.3, -0.25) is 14.5 Å². The van der Waals surface area contributed by atoms with E-state index in [9.17, 15) is 19.1 Å². The highest BCUT2D eigenvalue weighted by Gasteiger charge is 2.46. The van der Waals surface area contributed by atoms with Crippen LogP contribution in [0.2, 0.25) is 0 Å². The van der Waals surface area contributed by atoms with E-state index < -0.39 is 23.5 Å². The predicted octanol–water partition coefficient (Wildman–Crippen LogP) is 2.99. The van der Waals surface area contributed by atoms with Crippen LogP contribution in [-0.2, 0) is 14.3 Å². The van der Waals surface area contributed by atoms with Gasteiger partial charge in [-0.1, -0.05) is 6.07 Å². The van der Waals surface area contributed by atoms with Crippen LogP contribution in [0.1, 0.15) is 24.1 Å². The molecule has 4 rings (SSSR count). The maximum absolute atomic E-state index is 13.5. The molecule has 1 amide bonds. The average Bonchev–Trinajstić information content (AvgIpc) is 3.13. The van der Waals surface area contributed by atoms with Gasteiger partial charge in [0, 0.05) is 31.7 Å². The molecular weight excluding hydrogens is 455 g/mol. The number of likely N-dealkylation sites (tertiary alicyclic amines) is 1. The van der Waals surface area contributed by atoms with Gasteiger partial charge in [0.05, 0.1) is 38.5 Å². The fraction of sp³-hybridized carbons (Fsp3) is 0.385. The highest BCUT2D eigenvalue weighted by atomic mass is 19.1. The molecule has 8 nitrogen and oxygen atoms in total. The number of hydrogen-bond acceptors (Lipinski definition) is 7. The fourth-order valence-electron chi connectivity index (χ4n) is 4.42. The number of aliphatic hydroxyl groups excluding tert-OH is 1. The van der Waals surface area contributed by atoms with Crippen molar-refractivity contribution < 1.29 is 33.3 Å². The van der Waals surface area contributed by atoms with Crippen LogP contribution in [-0.4, -0.2) is 79.7 Å². The molecular formula is C26H29FN2O6. The number of carbonyl (C=O) groups excluding carboxylic acids is 2. The Kier molecular flexibility index (Phi) is 7.67. The van der Waals surface area contributed by atoms with Gasteiger partial charge < -0.3 is 24.2 Å². The zero-order chi connectivity index (χ0) is 24.9. The van der Waals surface area contributed by atoms with Crippen LogP contribution in [0.15, 0.2) is 48.0 Å². The first-order valence-electron chi connectivity index (χ1n) is 11.6. The molecule has 2 aliphatic rings. The van der Waals surface area contributed by atoms with Gasteiger partial charge in [-0.25, -0.2) is 4.39 Å². The third kappa shape index (κ3) is 5.16. The zero-order valence-electron chi connectivity index (χ0n) is 19.8. The smallest absolute Gasteiger partial charge is 0.295 e. The molecule has 0 saturated carbocycles. The topological polar surface area (TPSA) is 88.5 Å². The predicted molar refractivity (Wildman–Crippen MR) is 127 cm³/mol. The Labute approximate surface area is 203 Å². The third-order valence-corrected chi connectivity index (χ3v) is 6.22. The Morgan fingerprint density at radius 2 is 1.80 bits per heavy atom. The van der Waals surface area contributed by atoms with Crippen molar-refractivity contribution in [3.63, 3.8) is 0 Å². The van der Waals surface area contributed by atoms with Crippen molar-refractivity contribution in [2.45, 2.75) is 13.0 Å². The number of carbonyl (C=O) groups is 2. The maximum atomic E-state index is 13.5. The molecule has 2 aromatic rings. The van der Waals surface area contributed by atoms with Crippen molar-refractivity contribution in [2.75, 3.05) is 53.1 Å². The number of benzene rings is 2. The molecule has 0 aromatic heterocycles. The molecule has 1 atom stereocenters. The number of rotatable bonds is 8. The van der Waals surface area contributed by atoms with Crippen molar-refractivity contribution in [1.82, 2.24) is 9.80 Å². The molecule has 0 aliphatic carbocycles. The summed E-state index contributed by atoms with van der Waals surface area (Å²) in [5, 5.41) is 11.1. The number of halogens is 1. The summed E-state index contributed by atoms with van der Waals surface area (Å²) in [5.41, 5.74) is 0.797. The van der Waals surface area contributed by atoms with Crippen molar-refractivity contribution in [2.24, 2.45) is 0 Å². The first-order valence-corrected chi connectivity index (χ1v) is 11.6. The average molecular weight is 485 g/mol. The van der Waals surface area contributed by atoms with Gasteiger partial charge in [0.2, 0.25) is 0 Å². The summed E-state index contributed by atoms with van der Waals surface area (Å²) in [6.45, 7) is 5.84. The summed E-state index contributed by atoms with van der Waals surface area (Å²) >= 11 is 0. The van der Waals surface area contributed by atoms with Crippen LogP contribution in [0.5, 0.6) is 11.5 Å². The lowest BCUT2D eigenvalue weighted by molar-refractivity contribution is -0.140. The van der Waals surface area contributed by atoms with Crippen molar-refractivity contribution >= 4 is 17.4 Å². The number of nitrogens with zero attached hydrogens (tertiary/aromatic N) is 2. The first-order chi connectivity index (χ1) is 16.9. The molecule has 0 radical (unpaired) electrons. The highest BCUT2D eigenvalue weighted by Crippen LogP contribution is 2.42. The third-order valence-electron chi connectivity index (χ3n) is 6.22. The van der Waals surface area contributed by atoms with Crippen molar-refractivity contribution in [1.29, 1.82) is 0 Å². The van der Waals surface area contributed by atoms with E-state index in [1.54, 1.807) is 18.2 Å². The normalized spacial score (nSPS) is 20.3. The second-order valence-electron chi connectivity index (χ2n) is 8.30. The van der Waals surface area contributed by atoms with Gasteiger partial charge in [-0.2, -0.15) is 0 Å². The number of amides is 1. The van der Waals surface area contributed by atoms with E-state index in [1.165, 1.54) is 36.3 Å². The van der Waals surface area contributed by atoms with E-state index in [1.807, 2.05) is 6.92 Å². The van der Waals surface area contributed by atoms with E-state index in [-0.39, 0.29) is 23.4 Å². The molecule has 0 spiro atoms. The Hall–Kier alpha value is -3.43. The summed E-state index contributed by atoms with van der Waals surface area (Å²) < 4.78 is 29.9. The minimum atomic E-state index is -0.842. The summed E-state index contributed by atoms with van der Waals surface area (Å²) in [6, 6.07) is 9.48. The number of hydrogen-bond donors (Lipinski definition) is 1. The molecule has 0 unspecified atom stereocenters.